The number of methoxy groups -OCH3 is 1. The van der Waals surface area contributed by atoms with Gasteiger partial charge in [0, 0.05) is 12.6 Å². The first-order valence-corrected chi connectivity index (χ1v) is 7.02. The molecule has 4 nitrogen and oxygen atoms in total. The molecule has 2 atom stereocenters. The molecule has 1 aliphatic heterocycles. The number of rotatable bonds is 6. The van der Waals surface area contributed by atoms with Crippen molar-refractivity contribution in [2.24, 2.45) is 0 Å². The Hall–Kier alpha value is -1.68. The van der Waals surface area contributed by atoms with Crippen molar-refractivity contribution in [3.8, 4) is 11.5 Å². The monoisotopic (exact) mass is 277 g/mol. The van der Waals surface area contributed by atoms with Gasteiger partial charge in [-0.2, -0.15) is 0 Å². The van der Waals surface area contributed by atoms with Crippen LogP contribution in [0.3, 0.4) is 0 Å². The summed E-state index contributed by atoms with van der Waals surface area (Å²) in [6.45, 7) is 7.09. The lowest BCUT2D eigenvalue weighted by Crippen LogP contribution is -2.42. The minimum Gasteiger partial charge on any atom is -0.497 e. The molecule has 0 aliphatic carbocycles. The summed E-state index contributed by atoms with van der Waals surface area (Å²) in [6.07, 6.45) is 3.14. The molecule has 0 saturated carbocycles. The van der Waals surface area contributed by atoms with Crippen LogP contribution in [0.15, 0.2) is 30.9 Å². The van der Waals surface area contributed by atoms with Crippen LogP contribution in [0.5, 0.6) is 11.5 Å². The van der Waals surface area contributed by atoms with E-state index in [9.17, 15) is 5.11 Å². The van der Waals surface area contributed by atoms with E-state index in [0.29, 0.717) is 6.54 Å². The van der Waals surface area contributed by atoms with E-state index in [2.05, 4.69) is 11.5 Å². The van der Waals surface area contributed by atoms with E-state index in [0.717, 1.165) is 36.6 Å². The molecule has 0 saturated heterocycles. The van der Waals surface area contributed by atoms with Crippen molar-refractivity contribution >= 4 is 5.69 Å². The highest BCUT2D eigenvalue weighted by Crippen LogP contribution is 2.36. The third kappa shape index (κ3) is 3.45. The van der Waals surface area contributed by atoms with Gasteiger partial charge in [0.15, 0.2) is 0 Å². The van der Waals surface area contributed by atoms with E-state index >= 15 is 0 Å². The molecule has 1 aromatic rings. The summed E-state index contributed by atoms with van der Waals surface area (Å²) < 4.78 is 11.1. The van der Waals surface area contributed by atoms with Gasteiger partial charge in [-0.05, 0) is 31.9 Å². The van der Waals surface area contributed by atoms with Crippen molar-refractivity contribution < 1.29 is 14.6 Å². The van der Waals surface area contributed by atoms with Crippen LogP contribution in [0.25, 0.3) is 0 Å². The predicted molar refractivity (Wildman–Crippen MR) is 80.7 cm³/mol. The maximum atomic E-state index is 10.1. The van der Waals surface area contributed by atoms with E-state index in [1.165, 1.54) is 0 Å². The van der Waals surface area contributed by atoms with Crippen LogP contribution in [-0.2, 0) is 0 Å². The maximum Gasteiger partial charge on any atom is 0.143 e. The molecule has 0 bridgehead atoms. The topological polar surface area (TPSA) is 41.9 Å². The van der Waals surface area contributed by atoms with Crippen molar-refractivity contribution in [3.63, 3.8) is 0 Å². The fourth-order valence-corrected chi connectivity index (χ4v) is 2.46. The van der Waals surface area contributed by atoms with Crippen molar-refractivity contribution in [1.82, 2.24) is 0 Å². The van der Waals surface area contributed by atoms with Crippen LogP contribution < -0.4 is 14.4 Å². The predicted octanol–water partition coefficient (Wildman–Crippen LogP) is 2.61. The molecule has 1 aliphatic rings. The first-order valence-electron chi connectivity index (χ1n) is 7.02. The summed E-state index contributed by atoms with van der Waals surface area (Å²) in [5, 5.41) is 10.1. The summed E-state index contributed by atoms with van der Waals surface area (Å²) in [6, 6.07) is 5.78. The van der Waals surface area contributed by atoms with Gasteiger partial charge in [-0.25, -0.2) is 0 Å². The van der Waals surface area contributed by atoms with Crippen LogP contribution in [0.4, 0.5) is 5.69 Å². The second-order valence-corrected chi connectivity index (χ2v) is 5.19. The molecule has 0 radical (unpaired) electrons. The van der Waals surface area contributed by atoms with Crippen molar-refractivity contribution in [3.05, 3.63) is 30.9 Å². The number of allylic oxidation sites excluding steroid dienone is 1. The van der Waals surface area contributed by atoms with Crippen molar-refractivity contribution in [2.45, 2.75) is 32.0 Å². The van der Waals surface area contributed by atoms with Crippen molar-refractivity contribution in [2.75, 3.05) is 25.1 Å². The molecule has 110 valence electrons. The normalized spacial score (nSPS) is 18.9. The number of anilines is 1. The standard InChI is InChI=1S/C16H23NO3/c1-4-5-6-13(18)11-17-10-12(2)20-16-8-7-14(19-3)9-15(16)17/h4,7-9,12-13,18H,1,5-6,10-11H2,2-3H3. The van der Waals surface area contributed by atoms with Gasteiger partial charge in [0.1, 0.15) is 17.6 Å². The third-order valence-electron chi connectivity index (χ3n) is 3.45. The first kappa shape index (κ1) is 14.7. The minimum absolute atomic E-state index is 0.113. The lowest BCUT2D eigenvalue weighted by Gasteiger charge is -2.36. The second-order valence-electron chi connectivity index (χ2n) is 5.19. The Bertz CT molecular complexity index is 461. The largest absolute Gasteiger partial charge is 0.497 e. The zero-order valence-corrected chi connectivity index (χ0v) is 12.2. The van der Waals surface area contributed by atoms with Gasteiger partial charge in [0.25, 0.3) is 0 Å². The van der Waals surface area contributed by atoms with Gasteiger partial charge < -0.3 is 19.5 Å². The van der Waals surface area contributed by atoms with Crippen LogP contribution >= 0.6 is 0 Å². The molecule has 0 fully saturated rings. The van der Waals surface area contributed by atoms with Gasteiger partial charge >= 0.3 is 0 Å². The SMILES string of the molecule is C=CCCC(O)CN1CC(C)Oc2ccc(OC)cc21. The Balaban J connectivity index is 2.15. The quantitative estimate of drug-likeness (QED) is 0.812. The Kier molecular flexibility index (Phi) is 4.90. The van der Waals surface area contributed by atoms with E-state index < -0.39 is 0 Å². The molecule has 0 aromatic heterocycles. The van der Waals surface area contributed by atoms with Gasteiger partial charge in [0.05, 0.1) is 25.4 Å². The molecule has 0 spiro atoms. The van der Waals surface area contributed by atoms with Crippen LogP contribution in [0.2, 0.25) is 0 Å². The molecular formula is C16H23NO3. The highest BCUT2D eigenvalue weighted by Gasteiger charge is 2.24. The highest BCUT2D eigenvalue weighted by molar-refractivity contribution is 5.63. The minimum atomic E-state index is -0.364. The number of hydrogen-bond acceptors (Lipinski definition) is 4. The van der Waals surface area contributed by atoms with Gasteiger partial charge in [-0.15, -0.1) is 6.58 Å². The number of fused-ring (bicyclic) bond motifs is 1. The maximum absolute atomic E-state index is 10.1. The van der Waals surface area contributed by atoms with Gasteiger partial charge in [-0.1, -0.05) is 6.08 Å². The molecule has 1 N–H and O–H groups in total. The molecular weight excluding hydrogens is 254 g/mol. The molecule has 2 rings (SSSR count). The number of aliphatic hydroxyl groups is 1. The fraction of sp³-hybridized carbons (Fsp3) is 0.500. The number of benzene rings is 1. The molecule has 1 heterocycles. The smallest absolute Gasteiger partial charge is 0.143 e. The lowest BCUT2D eigenvalue weighted by molar-refractivity contribution is 0.158. The average Bonchev–Trinajstić information content (AvgIpc) is 2.44. The van der Waals surface area contributed by atoms with Crippen molar-refractivity contribution in [1.29, 1.82) is 0 Å². The fourth-order valence-electron chi connectivity index (χ4n) is 2.46. The third-order valence-corrected chi connectivity index (χ3v) is 3.45. The summed E-state index contributed by atoms with van der Waals surface area (Å²) in [5.41, 5.74) is 0.986. The average molecular weight is 277 g/mol. The summed E-state index contributed by atoms with van der Waals surface area (Å²) in [5.74, 6) is 1.65. The zero-order chi connectivity index (χ0) is 14.5. The number of nitrogens with zero attached hydrogens (tertiary/aromatic N) is 1. The number of β-amino-alcohol motifs (C(OH)–C–C–N with tert-alkyl or cyclic N) is 1. The van der Waals surface area contributed by atoms with Gasteiger partial charge in [-0.3, -0.25) is 0 Å². The number of hydrogen-bond donors (Lipinski definition) is 1. The number of ether oxygens (including phenoxy) is 2. The Morgan fingerprint density at radius 2 is 2.40 bits per heavy atom. The van der Waals surface area contributed by atoms with E-state index in [1.807, 2.05) is 31.2 Å². The zero-order valence-electron chi connectivity index (χ0n) is 12.2. The van der Waals surface area contributed by atoms with E-state index in [4.69, 9.17) is 9.47 Å². The highest BCUT2D eigenvalue weighted by atomic mass is 16.5. The van der Waals surface area contributed by atoms with Gasteiger partial charge in [0.2, 0.25) is 0 Å². The molecule has 1 aromatic carbocycles. The summed E-state index contributed by atoms with van der Waals surface area (Å²) in [4.78, 5) is 2.17. The molecule has 2 unspecified atom stereocenters. The Labute approximate surface area is 120 Å². The first-order chi connectivity index (χ1) is 9.63. The van der Waals surface area contributed by atoms with E-state index in [1.54, 1.807) is 7.11 Å². The Morgan fingerprint density at radius 3 is 3.10 bits per heavy atom. The second kappa shape index (κ2) is 6.66. The van der Waals surface area contributed by atoms with E-state index in [-0.39, 0.29) is 12.2 Å². The summed E-state index contributed by atoms with van der Waals surface area (Å²) >= 11 is 0. The summed E-state index contributed by atoms with van der Waals surface area (Å²) in [7, 11) is 1.65. The lowest BCUT2D eigenvalue weighted by atomic mass is 10.1. The molecule has 4 heteroatoms. The van der Waals surface area contributed by atoms with Crippen LogP contribution in [0.1, 0.15) is 19.8 Å². The van der Waals surface area contributed by atoms with Crippen LogP contribution in [-0.4, -0.2) is 37.5 Å². The number of aliphatic hydroxyl groups excluding tert-OH is 1. The van der Waals surface area contributed by atoms with Crippen LogP contribution in [0, 0.1) is 0 Å². The molecule has 20 heavy (non-hydrogen) atoms. The Morgan fingerprint density at radius 1 is 1.60 bits per heavy atom. The molecule has 0 amide bonds.